The molecule has 70 valence electrons. The largest absolute Gasteiger partial charge is 0.322 e. The number of fused-ring (bicyclic) bond motifs is 1. The van der Waals surface area contributed by atoms with Gasteiger partial charge in [0, 0.05) is 0 Å². The molecule has 0 saturated carbocycles. The molecule has 0 aliphatic carbocycles. The van der Waals surface area contributed by atoms with Gasteiger partial charge in [0.1, 0.15) is 11.3 Å². The van der Waals surface area contributed by atoms with Crippen molar-refractivity contribution in [2.45, 2.75) is 25.8 Å². The van der Waals surface area contributed by atoms with E-state index in [4.69, 9.17) is 5.73 Å². The van der Waals surface area contributed by atoms with Crippen LogP contribution in [0.2, 0.25) is 0 Å². The maximum atomic E-state index is 5.91. The van der Waals surface area contributed by atoms with Crippen LogP contribution in [0.5, 0.6) is 0 Å². The number of hydrogen-bond donors (Lipinski definition) is 1. The summed E-state index contributed by atoms with van der Waals surface area (Å²) < 4.78 is 1.66. The van der Waals surface area contributed by atoms with Gasteiger partial charge in [0.25, 0.3) is 0 Å². The number of aromatic nitrogens is 4. The number of hydrogen-bond acceptors (Lipinski definition) is 5. The van der Waals surface area contributed by atoms with Crippen molar-refractivity contribution < 1.29 is 0 Å². The third-order valence-corrected chi connectivity index (χ3v) is 2.86. The summed E-state index contributed by atoms with van der Waals surface area (Å²) in [4.78, 5) is 0.807. The molecule has 0 aromatic carbocycles. The van der Waals surface area contributed by atoms with Gasteiger partial charge in [0.2, 0.25) is 4.96 Å². The first-order valence-corrected chi connectivity index (χ1v) is 5.05. The highest BCUT2D eigenvalue weighted by Crippen LogP contribution is 2.20. The second-order valence-corrected chi connectivity index (χ2v) is 3.88. The third-order valence-electron chi connectivity index (χ3n) is 1.82. The lowest BCUT2D eigenvalue weighted by molar-refractivity contribution is 0.624. The number of nitrogens with two attached hydrogens (primary N) is 1. The summed E-state index contributed by atoms with van der Waals surface area (Å²) in [6, 6.07) is 0.0386. The fraction of sp³-hybridized carbons (Fsp3) is 0.571. The minimum atomic E-state index is 0.0386. The predicted octanol–water partition coefficient (Wildman–Crippen LogP) is 0.986. The van der Waals surface area contributed by atoms with E-state index in [-0.39, 0.29) is 6.04 Å². The molecule has 0 radical (unpaired) electrons. The van der Waals surface area contributed by atoms with Crippen LogP contribution in [-0.4, -0.2) is 19.8 Å². The van der Waals surface area contributed by atoms with Crippen molar-refractivity contribution in [3.63, 3.8) is 0 Å². The van der Waals surface area contributed by atoms with Gasteiger partial charge in [-0.2, -0.15) is 9.61 Å². The predicted molar refractivity (Wildman–Crippen MR) is 50.5 cm³/mol. The molecule has 1 unspecified atom stereocenters. The van der Waals surface area contributed by atoms with Gasteiger partial charge >= 0.3 is 0 Å². The number of rotatable bonds is 3. The van der Waals surface area contributed by atoms with E-state index in [1.165, 1.54) is 11.3 Å². The molecule has 0 bridgehead atoms. The van der Waals surface area contributed by atoms with Crippen LogP contribution >= 0.6 is 11.3 Å². The minimum absolute atomic E-state index is 0.0386. The van der Waals surface area contributed by atoms with Gasteiger partial charge in [-0.1, -0.05) is 24.7 Å². The maximum absolute atomic E-state index is 5.91. The molecule has 1 atom stereocenters. The zero-order valence-electron chi connectivity index (χ0n) is 7.34. The molecule has 5 nitrogen and oxygen atoms in total. The second kappa shape index (κ2) is 3.39. The summed E-state index contributed by atoms with van der Waals surface area (Å²) >= 11 is 1.51. The van der Waals surface area contributed by atoms with Gasteiger partial charge in [-0.3, -0.25) is 0 Å². The molecule has 0 saturated heterocycles. The normalized spacial score (nSPS) is 13.7. The Bertz CT molecular complexity index is 364. The van der Waals surface area contributed by atoms with Crippen molar-refractivity contribution in [3.05, 3.63) is 11.3 Å². The fourth-order valence-electron chi connectivity index (χ4n) is 1.16. The van der Waals surface area contributed by atoms with Crippen LogP contribution in [0.15, 0.2) is 6.33 Å². The van der Waals surface area contributed by atoms with Crippen LogP contribution in [0.1, 0.15) is 30.8 Å². The summed E-state index contributed by atoms with van der Waals surface area (Å²) in [5.41, 5.74) is 5.91. The van der Waals surface area contributed by atoms with Crippen LogP contribution in [0.4, 0.5) is 0 Å². The third kappa shape index (κ3) is 1.54. The lowest BCUT2D eigenvalue weighted by atomic mass is 10.2. The standard InChI is InChI=1S/C7H11N5S/c1-2-3-5(8)6-11-12-4-9-10-7(12)13-6/h4-5H,2-3,8H2,1H3. The van der Waals surface area contributed by atoms with Gasteiger partial charge in [-0.05, 0) is 6.42 Å². The van der Waals surface area contributed by atoms with E-state index in [1.807, 2.05) is 0 Å². The highest BCUT2D eigenvalue weighted by molar-refractivity contribution is 7.16. The van der Waals surface area contributed by atoms with Crippen molar-refractivity contribution >= 4 is 16.3 Å². The molecular weight excluding hydrogens is 186 g/mol. The fourth-order valence-corrected chi connectivity index (χ4v) is 2.01. The molecule has 6 heteroatoms. The zero-order chi connectivity index (χ0) is 9.26. The summed E-state index contributed by atoms with van der Waals surface area (Å²) in [6.45, 7) is 2.11. The lowest BCUT2D eigenvalue weighted by Gasteiger charge is -2.03. The van der Waals surface area contributed by atoms with Crippen molar-refractivity contribution in [3.8, 4) is 0 Å². The Morgan fingerprint density at radius 2 is 2.54 bits per heavy atom. The quantitative estimate of drug-likeness (QED) is 0.796. The summed E-state index contributed by atoms with van der Waals surface area (Å²) in [5.74, 6) is 0. The van der Waals surface area contributed by atoms with Crippen LogP contribution in [0, 0.1) is 0 Å². The Balaban J connectivity index is 2.28. The smallest absolute Gasteiger partial charge is 0.234 e. The Morgan fingerprint density at radius 1 is 1.69 bits per heavy atom. The van der Waals surface area contributed by atoms with Crippen molar-refractivity contribution in [1.29, 1.82) is 0 Å². The molecule has 2 aromatic heterocycles. The average molecular weight is 197 g/mol. The van der Waals surface area contributed by atoms with Gasteiger partial charge in [0.05, 0.1) is 6.04 Å². The highest BCUT2D eigenvalue weighted by atomic mass is 32.1. The molecule has 0 fully saturated rings. The first-order valence-electron chi connectivity index (χ1n) is 4.23. The highest BCUT2D eigenvalue weighted by Gasteiger charge is 2.11. The average Bonchev–Trinajstić information content (AvgIpc) is 2.61. The molecule has 0 aliphatic heterocycles. The van der Waals surface area contributed by atoms with E-state index in [1.54, 1.807) is 10.8 Å². The molecular formula is C7H11N5S. The van der Waals surface area contributed by atoms with Gasteiger partial charge in [-0.15, -0.1) is 10.2 Å². The maximum Gasteiger partial charge on any atom is 0.234 e. The van der Waals surface area contributed by atoms with Crippen molar-refractivity contribution in [2.75, 3.05) is 0 Å². The van der Waals surface area contributed by atoms with E-state index < -0.39 is 0 Å². The summed E-state index contributed by atoms with van der Waals surface area (Å²) in [7, 11) is 0. The summed E-state index contributed by atoms with van der Waals surface area (Å²) in [6.07, 6.45) is 3.62. The van der Waals surface area contributed by atoms with E-state index in [9.17, 15) is 0 Å². The molecule has 2 heterocycles. The van der Waals surface area contributed by atoms with Gasteiger partial charge < -0.3 is 5.73 Å². The SMILES string of the molecule is CCCC(N)c1nn2cnnc2s1. The zero-order valence-corrected chi connectivity index (χ0v) is 8.16. The monoisotopic (exact) mass is 197 g/mol. The Labute approximate surface area is 79.6 Å². The van der Waals surface area contributed by atoms with Gasteiger partial charge in [-0.25, -0.2) is 0 Å². The van der Waals surface area contributed by atoms with Crippen LogP contribution in [0.3, 0.4) is 0 Å². The summed E-state index contributed by atoms with van der Waals surface area (Å²) in [5, 5.41) is 12.8. The Hall–Kier alpha value is -1.01. The molecule has 2 N–H and O–H groups in total. The van der Waals surface area contributed by atoms with E-state index in [0.29, 0.717) is 0 Å². The molecule has 2 rings (SSSR count). The van der Waals surface area contributed by atoms with E-state index in [0.717, 1.165) is 22.8 Å². The Kier molecular flexibility index (Phi) is 2.24. The molecule has 2 aromatic rings. The Morgan fingerprint density at radius 3 is 3.23 bits per heavy atom. The van der Waals surface area contributed by atoms with Crippen LogP contribution < -0.4 is 5.73 Å². The minimum Gasteiger partial charge on any atom is -0.322 e. The van der Waals surface area contributed by atoms with Crippen LogP contribution in [0.25, 0.3) is 4.96 Å². The van der Waals surface area contributed by atoms with Crippen LogP contribution in [-0.2, 0) is 0 Å². The van der Waals surface area contributed by atoms with Crippen molar-refractivity contribution in [2.24, 2.45) is 5.73 Å². The van der Waals surface area contributed by atoms with E-state index in [2.05, 4.69) is 22.2 Å². The van der Waals surface area contributed by atoms with Gasteiger partial charge in [0.15, 0.2) is 0 Å². The molecule has 0 aliphatic rings. The lowest BCUT2D eigenvalue weighted by Crippen LogP contribution is -2.09. The topological polar surface area (TPSA) is 69.1 Å². The number of nitrogens with zero attached hydrogens (tertiary/aromatic N) is 4. The van der Waals surface area contributed by atoms with E-state index >= 15 is 0 Å². The van der Waals surface area contributed by atoms with Crippen molar-refractivity contribution in [1.82, 2.24) is 19.8 Å². The second-order valence-electron chi connectivity index (χ2n) is 2.89. The molecule has 0 amide bonds. The molecule has 0 spiro atoms. The first-order chi connectivity index (χ1) is 6.31. The first kappa shape index (κ1) is 8.58. The molecule has 13 heavy (non-hydrogen) atoms.